The summed E-state index contributed by atoms with van der Waals surface area (Å²) in [6, 6.07) is 1.42. The minimum atomic E-state index is -0.281. The molecule has 0 aliphatic rings. The molecule has 114 valence electrons. The highest BCUT2D eigenvalue weighted by atomic mass is 16.5. The van der Waals surface area contributed by atoms with Gasteiger partial charge in [0.2, 0.25) is 0 Å². The van der Waals surface area contributed by atoms with E-state index >= 15 is 0 Å². The molecule has 2 rings (SSSR count). The average molecular weight is 291 g/mol. The summed E-state index contributed by atoms with van der Waals surface area (Å²) in [6.45, 7) is 7.90. The van der Waals surface area contributed by atoms with Crippen LogP contribution in [0.25, 0.3) is 11.1 Å². The Morgan fingerprint density at radius 2 is 2.19 bits per heavy atom. The second-order valence-corrected chi connectivity index (χ2v) is 6.46. The molecule has 21 heavy (non-hydrogen) atoms. The van der Waals surface area contributed by atoms with Gasteiger partial charge in [0.05, 0.1) is 29.3 Å². The smallest absolute Gasteiger partial charge is 0.257 e. The Labute approximate surface area is 123 Å². The number of pyridine rings is 1. The number of carbonyl (C=O) groups excluding carboxylic acids is 1. The summed E-state index contributed by atoms with van der Waals surface area (Å²) in [5.41, 5.74) is 1.56. The lowest BCUT2D eigenvalue weighted by Gasteiger charge is -2.25. The van der Waals surface area contributed by atoms with Gasteiger partial charge in [-0.3, -0.25) is 4.79 Å². The molecule has 6 heteroatoms. The lowest BCUT2D eigenvalue weighted by molar-refractivity contribution is 0.0897. The first-order chi connectivity index (χ1) is 9.80. The Balaban J connectivity index is 2.15. The van der Waals surface area contributed by atoms with E-state index in [1.807, 2.05) is 0 Å². The SMILES string of the molecule is Cc1noc2ncc(C(=O)NC(CO)CC(C)(C)C)cc12. The van der Waals surface area contributed by atoms with E-state index in [-0.39, 0.29) is 24.0 Å². The minimum Gasteiger partial charge on any atom is -0.394 e. The largest absolute Gasteiger partial charge is 0.394 e. The monoisotopic (exact) mass is 291 g/mol. The number of fused-ring (bicyclic) bond motifs is 1. The number of carbonyl (C=O) groups is 1. The minimum absolute atomic E-state index is 0.0218. The molecule has 0 spiro atoms. The van der Waals surface area contributed by atoms with Crippen molar-refractivity contribution >= 4 is 17.0 Å². The van der Waals surface area contributed by atoms with E-state index in [1.54, 1.807) is 13.0 Å². The molecule has 0 bridgehead atoms. The Morgan fingerprint density at radius 3 is 2.81 bits per heavy atom. The van der Waals surface area contributed by atoms with Crippen LogP contribution in [-0.4, -0.2) is 33.8 Å². The van der Waals surface area contributed by atoms with Crippen molar-refractivity contribution in [2.75, 3.05) is 6.61 Å². The Bertz CT molecular complexity index is 643. The topological polar surface area (TPSA) is 88.2 Å². The molecule has 0 aliphatic heterocycles. The van der Waals surface area contributed by atoms with E-state index < -0.39 is 0 Å². The predicted molar refractivity (Wildman–Crippen MR) is 79.0 cm³/mol. The van der Waals surface area contributed by atoms with Crippen LogP contribution in [0, 0.1) is 12.3 Å². The summed E-state index contributed by atoms with van der Waals surface area (Å²) in [5.74, 6) is -0.256. The zero-order chi connectivity index (χ0) is 15.6. The summed E-state index contributed by atoms with van der Waals surface area (Å²) in [6.07, 6.45) is 2.14. The maximum atomic E-state index is 12.3. The number of nitrogens with zero attached hydrogens (tertiary/aromatic N) is 2. The fraction of sp³-hybridized carbons (Fsp3) is 0.533. The molecular formula is C15H21N3O3. The van der Waals surface area contributed by atoms with E-state index in [2.05, 4.69) is 36.2 Å². The van der Waals surface area contributed by atoms with Crippen LogP contribution in [0.3, 0.4) is 0 Å². The molecule has 0 fully saturated rings. The summed E-state index contributed by atoms with van der Waals surface area (Å²) in [7, 11) is 0. The molecule has 0 saturated heterocycles. The maximum Gasteiger partial charge on any atom is 0.257 e. The zero-order valence-corrected chi connectivity index (χ0v) is 12.8. The normalized spacial score (nSPS) is 13.4. The lowest BCUT2D eigenvalue weighted by Crippen LogP contribution is -2.40. The van der Waals surface area contributed by atoms with Crippen LogP contribution < -0.4 is 5.32 Å². The average Bonchev–Trinajstić information content (AvgIpc) is 2.77. The van der Waals surface area contributed by atoms with Crippen LogP contribution in [0.1, 0.15) is 43.2 Å². The van der Waals surface area contributed by atoms with Crippen molar-refractivity contribution in [2.24, 2.45) is 5.41 Å². The lowest BCUT2D eigenvalue weighted by atomic mass is 9.88. The molecule has 1 atom stereocenters. The molecule has 2 aromatic rings. The van der Waals surface area contributed by atoms with Gasteiger partial charge in [0, 0.05) is 6.20 Å². The molecule has 1 unspecified atom stereocenters. The van der Waals surface area contributed by atoms with E-state index in [4.69, 9.17) is 4.52 Å². The Morgan fingerprint density at radius 1 is 1.48 bits per heavy atom. The number of amides is 1. The second-order valence-electron chi connectivity index (χ2n) is 6.46. The molecule has 6 nitrogen and oxygen atoms in total. The quantitative estimate of drug-likeness (QED) is 0.900. The van der Waals surface area contributed by atoms with Crippen molar-refractivity contribution in [1.82, 2.24) is 15.5 Å². The zero-order valence-electron chi connectivity index (χ0n) is 12.8. The molecule has 2 aromatic heterocycles. The standard InChI is InChI=1S/C15H21N3O3/c1-9-12-5-10(7-16-14(12)21-18-9)13(20)17-11(8-19)6-15(2,3)4/h5,7,11,19H,6,8H2,1-4H3,(H,17,20). The summed E-state index contributed by atoms with van der Waals surface area (Å²) in [5, 5.41) is 16.8. The highest BCUT2D eigenvalue weighted by Gasteiger charge is 2.21. The Kier molecular flexibility index (Phi) is 4.27. The third kappa shape index (κ3) is 3.78. The van der Waals surface area contributed by atoms with Crippen molar-refractivity contribution in [3.8, 4) is 0 Å². The molecule has 0 radical (unpaired) electrons. The van der Waals surface area contributed by atoms with Gasteiger partial charge < -0.3 is 14.9 Å². The molecule has 2 N–H and O–H groups in total. The van der Waals surface area contributed by atoms with Gasteiger partial charge in [-0.2, -0.15) is 0 Å². The van der Waals surface area contributed by atoms with E-state index in [0.717, 1.165) is 5.39 Å². The van der Waals surface area contributed by atoms with Crippen LogP contribution >= 0.6 is 0 Å². The van der Waals surface area contributed by atoms with Gasteiger partial charge in [0.15, 0.2) is 0 Å². The highest BCUT2D eigenvalue weighted by Crippen LogP contribution is 2.21. The van der Waals surface area contributed by atoms with Crippen LogP contribution in [0.4, 0.5) is 0 Å². The summed E-state index contributed by atoms with van der Waals surface area (Å²) >= 11 is 0. The molecule has 0 saturated carbocycles. The molecule has 2 heterocycles. The third-order valence-corrected chi connectivity index (χ3v) is 3.19. The van der Waals surface area contributed by atoms with Gasteiger partial charge in [0.1, 0.15) is 0 Å². The predicted octanol–water partition coefficient (Wildman–Crippen LogP) is 2.06. The first kappa shape index (κ1) is 15.4. The fourth-order valence-corrected chi connectivity index (χ4v) is 2.24. The van der Waals surface area contributed by atoms with Crippen LogP contribution in [0.5, 0.6) is 0 Å². The fourth-order valence-electron chi connectivity index (χ4n) is 2.24. The second kappa shape index (κ2) is 5.81. The van der Waals surface area contributed by atoms with Crippen LogP contribution in [0.2, 0.25) is 0 Å². The summed E-state index contributed by atoms with van der Waals surface area (Å²) in [4.78, 5) is 16.3. The van der Waals surface area contributed by atoms with Crippen molar-refractivity contribution in [3.63, 3.8) is 0 Å². The van der Waals surface area contributed by atoms with Gasteiger partial charge in [0.25, 0.3) is 11.6 Å². The van der Waals surface area contributed by atoms with Crippen molar-refractivity contribution in [3.05, 3.63) is 23.5 Å². The van der Waals surface area contributed by atoms with E-state index in [0.29, 0.717) is 23.4 Å². The van der Waals surface area contributed by atoms with Crippen LogP contribution in [-0.2, 0) is 0 Å². The number of hydrogen-bond donors (Lipinski definition) is 2. The Hall–Kier alpha value is -1.95. The molecule has 0 aromatic carbocycles. The number of nitrogens with one attached hydrogen (secondary N) is 1. The van der Waals surface area contributed by atoms with Gasteiger partial charge in [-0.1, -0.05) is 25.9 Å². The van der Waals surface area contributed by atoms with Crippen molar-refractivity contribution < 1.29 is 14.4 Å². The molecule has 0 aliphatic carbocycles. The van der Waals surface area contributed by atoms with Gasteiger partial charge in [-0.05, 0) is 24.8 Å². The van der Waals surface area contributed by atoms with Crippen molar-refractivity contribution in [2.45, 2.75) is 40.2 Å². The van der Waals surface area contributed by atoms with Gasteiger partial charge >= 0.3 is 0 Å². The first-order valence-electron chi connectivity index (χ1n) is 6.94. The number of hydrogen-bond acceptors (Lipinski definition) is 5. The molecule has 1 amide bonds. The maximum absolute atomic E-state index is 12.3. The van der Waals surface area contributed by atoms with Crippen LogP contribution in [0.15, 0.2) is 16.8 Å². The highest BCUT2D eigenvalue weighted by molar-refractivity contribution is 5.97. The number of aliphatic hydroxyl groups is 1. The van der Waals surface area contributed by atoms with E-state index in [1.165, 1.54) is 6.20 Å². The third-order valence-electron chi connectivity index (χ3n) is 3.19. The number of aromatic nitrogens is 2. The summed E-state index contributed by atoms with van der Waals surface area (Å²) < 4.78 is 5.02. The first-order valence-corrected chi connectivity index (χ1v) is 6.94. The van der Waals surface area contributed by atoms with Gasteiger partial charge in [-0.25, -0.2) is 4.98 Å². The van der Waals surface area contributed by atoms with Crippen molar-refractivity contribution in [1.29, 1.82) is 0 Å². The van der Waals surface area contributed by atoms with Gasteiger partial charge in [-0.15, -0.1) is 0 Å². The number of aliphatic hydroxyl groups excluding tert-OH is 1. The molecular weight excluding hydrogens is 270 g/mol. The van der Waals surface area contributed by atoms with E-state index in [9.17, 15) is 9.90 Å². The number of aryl methyl sites for hydroxylation is 1. The number of rotatable bonds is 4.